The second kappa shape index (κ2) is 8.53. The zero-order chi connectivity index (χ0) is 12.6. The summed E-state index contributed by atoms with van der Waals surface area (Å²) in [6, 6.07) is 0. The Morgan fingerprint density at radius 3 is 1.93 bits per heavy atom. The Bertz CT molecular complexity index is 245. The molecule has 0 fully saturated rings. The topological polar surface area (TPSA) is 86.2 Å². The molecule has 0 rings (SSSR count). The highest BCUT2D eigenvalue weighted by Crippen LogP contribution is 2.07. The van der Waals surface area contributed by atoms with Gasteiger partial charge < -0.3 is 11.5 Å². The normalized spacial score (nSPS) is 13.1. The Morgan fingerprint density at radius 1 is 0.857 bits per heavy atom. The van der Waals surface area contributed by atoms with Crippen molar-refractivity contribution in [3.8, 4) is 0 Å². The van der Waals surface area contributed by atoms with E-state index in [1.165, 1.54) is 0 Å². The zero-order valence-corrected chi connectivity index (χ0v) is 8.42. The maximum atomic E-state index is 10.5. The SMILES string of the molecule is [2H]C([2H])(CCCCCC(N)=O)CCC(N)=O. The van der Waals surface area contributed by atoms with Crippen molar-refractivity contribution in [3.63, 3.8) is 0 Å². The molecule has 0 aliphatic rings. The lowest BCUT2D eigenvalue weighted by molar-refractivity contribution is -0.119. The summed E-state index contributed by atoms with van der Waals surface area (Å²) in [6.07, 6.45) is 1.80. The fourth-order valence-electron chi connectivity index (χ4n) is 1.06. The predicted octanol–water partition coefficient (Wildman–Crippen LogP) is 1.08. The summed E-state index contributed by atoms with van der Waals surface area (Å²) in [6.45, 7) is 0. The Hall–Kier alpha value is -1.06. The molecule has 0 aromatic carbocycles. The van der Waals surface area contributed by atoms with Gasteiger partial charge in [-0.05, 0) is 12.8 Å². The quantitative estimate of drug-likeness (QED) is 0.548. The fourth-order valence-corrected chi connectivity index (χ4v) is 1.06. The van der Waals surface area contributed by atoms with Gasteiger partial charge in [-0.3, -0.25) is 9.59 Å². The third-order valence-electron chi connectivity index (χ3n) is 1.82. The summed E-state index contributed by atoms with van der Waals surface area (Å²) >= 11 is 0. The third kappa shape index (κ3) is 10.9. The molecule has 4 heteroatoms. The summed E-state index contributed by atoms with van der Waals surface area (Å²) in [4.78, 5) is 20.9. The first kappa shape index (κ1) is 9.49. The number of primary amides is 2. The van der Waals surface area contributed by atoms with E-state index in [-0.39, 0.29) is 18.7 Å². The molecule has 0 atom stereocenters. The number of hydrogen-bond acceptors (Lipinski definition) is 2. The van der Waals surface area contributed by atoms with Crippen LogP contribution in [0.5, 0.6) is 0 Å². The number of carbonyl (C=O) groups is 2. The highest BCUT2D eigenvalue weighted by atomic mass is 16.1. The van der Waals surface area contributed by atoms with E-state index in [0.717, 1.165) is 6.42 Å². The fraction of sp³-hybridized carbons (Fsp3) is 0.800. The third-order valence-corrected chi connectivity index (χ3v) is 1.82. The largest absolute Gasteiger partial charge is 0.370 e. The van der Waals surface area contributed by atoms with Crippen molar-refractivity contribution in [3.05, 3.63) is 0 Å². The van der Waals surface area contributed by atoms with Crippen LogP contribution in [0.1, 0.15) is 54.1 Å². The van der Waals surface area contributed by atoms with Crippen LogP contribution < -0.4 is 11.5 Å². The highest BCUT2D eigenvalue weighted by molar-refractivity contribution is 5.73. The lowest BCUT2D eigenvalue weighted by Crippen LogP contribution is -2.09. The van der Waals surface area contributed by atoms with Crippen LogP contribution >= 0.6 is 0 Å². The Labute approximate surface area is 87.8 Å². The van der Waals surface area contributed by atoms with Gasteiger partial charge >= 0.3 is 0 Å². The van der Waals surface area contributed by atoms with Gasteiger partial charge in [0.15, 0.2) is 0 Å². The van der Waals surface area contributed by atoms with Gasteiger partial charge in [-0.2, -0.15) is 0 Å². The first-order valence-electron chi connectivity index (χ1n) is 5.90. The minimum absolute atomic E-state index is 0.0777. The highest BCUT2D eigenvalue weighted by Gasteiger charge is 1.96. The summed E-state index contributed by atoms with van der Waals surface area (Å²) in [5.41, 5.74) is 9.93. The van der Waals surface area contributed by atoms with E-state index in [9.17, 15) is 9.59 Å². The number of carbonyl (C=O) groups excluding carboxylic acids is 2. The summed E-state index contributed by atoms with van der Waals surface area (Å²) in [7, 11) is 0. The van der Waals surface area contributed by atoms with Crippen LogP contribution in [-0.2, 0) is 9.59 Å². The molecule has 4 nitrogen and oxygen atoms in total. The van der Waals surface area contributed by atoms with Crippen LogP contribution in [0.4, 0.5) is 0 Å². The van der Waals surface area contributed by atoms with Crippen LogP contribution in [0.25, 0.3) is 0 Å². The second-order valence-corrected chi connectivity index (χ2v) is 3.24. The number of hydrogen-bond donors (Lipinski definition) is 2. The average molecular weight is 202 g/mol. The van der Waals surface area contributed by atoms with Crippen molar-refractivity contribution < 1.29 is 12.3 Å². The predicted molar refractivity (Wildman–Crippen MR) is 55.3 cm³/mol. The first-order chi connectivity index (χ1) is 7.33. The smallest absolute Gasteiger partial charge is 0.217 e. The molecule has 0 unspecified atom stereocenters. The van der Waals surface area contributed by atoms with Crippen molar-refractivity contribution in [1.29, 1.82) is 0 Å². The average Bonchev–Trinajstić information content (AvgIpc) is 2.14. The minimum atomic E-state index is -1.35. The van der Waals surface area contributed by atoms with E-state index < -0.39 is 12.3 Å². The van der Waals surface area contributed by atoms with Crippen molar-refractivity contribution >= 4 is 11.8 Å². The number of rotatable bonds is 9. The molecule has 2 amide bonds. The molecule has 0 radical (unpaired) electrons. The second-order valence-electron chi connectivity index (χ2n) is 3.24. The van der Waals surface area contributed by atoms with E-state index >= 15 is 0 Å². The van der Waals surface area contributed by atoms with E-state index in [1.54, 1.807) is 0 Å². The maximum Gasteiger partial charge on any atom is 0.217 e. The van der Waals surface area contributed by atoms with Crippen LogP contribution in [0.3, 0.4) is 0 Å². The number of amides is 2. The Kier molecular flexibility index (Phi) is 5.79. The van der Waals surface area contributed by atoms with Gasteiger partial charge in [0, 0.05) is 15.6 Å². The van der Waals surface area contributed by atoms with Crippen molar-refractivity contribution in [2.45, 2.75) is 51.3 Å². The van der Waals surface area contributed by atoms with Crippen LogP contribution in [-0.4, -0.2) is 11.8 Å². The van der Waals surface area contributed by atoms with Crippen molar-refractivity contribution in [2.24, 2.45) is 11.5 Å². The molecule has 0 aliphatic heterocycles. The van der Waals surface area contributed by atoms with E-state index in [1.807, 2.05) is 0 Å². The van der Waals surface area contributed by atoms with Gasteiger partial charge in [-0.1, -0.05) is 25.6 Å². The van der Waals surface area contributed by atoms with Gasteiger partial charge in [0.2, 0.25) is 11.8 Å². The molecule has 0 spiro atoms. The van der Waals surface area contributed by atoms with Crippen LogP contribution in [0, 0.1) is 0 Å². The lowest BCUT2D eigenvalue weighted by Gasteiger charge is -1.99. The molecule has 0 aliphatic carbocycles. The van der Waals surface area contributed by atoms with E-state index in [0.29, 0.717) is 25.7 Å². The van der Waals surface area contributed by atoms with Gasteiger partial charge in [-0.15, -0.1) is 0 Å². The van der Waals surface area contributed by atoms with Crippen molar-refractivity contribution in [1.82, 2.24) is 0 Å². The molecular weight excluding hydrogens is 180 g/mol. The molecule has 0 heterocycles. The summed E-state index contributed by atoms with van der Waals surface area (Å²) in [5, 5.41) is 0. The molecule has 82 valence electrons. The van der Waals surface area contributed by atoms with Gasteiger partial charge in [0.1, 0.15) is 0 Å². The van der Waals surface area contributed by atoms with Gasteiger partial charge in [0.05, 0.1) is 0 Å². The number of unbranched alkanes of at least 4 members (excludes halogenated alkanes) is 2. The van der Waals surface area contributed by atoms with Gasteiger partial charge in [-0.25, -0.2) is 0 Å². The number of nitrogens with two attached hydrogens (primary N) is 2. The van der Waals surface area contributed by atoms with Crippen LogP contribution in [0.2, 0.25) is 0 Å². The molecule has 0 saturated heterocycles. The van der Waals surface area contributed by atoms with Crippen LogP contribution in [0.15, 0.2) is 0 Å². The summed E-state index contributed by atoms with van der Waals surface area (Å²) in [5.74, 6) is -0.797. The Balaban J connectivity index is 3.57. The zero-order valence-electron chi connectivity index (χ0n) is 10.4. The molecule has 0 aromatic heterocycles. The molecule has 4 N–H and O–H groups in total. The van der Waals surface area contributed by atoms with Gasteiger partial charge in [0.25, 0.3) is 0 Å². The first-order valence-corrected chi connectivity index (χ1v) is 4.90. The maximum absolute atomic E-state index is 10.5. The Morgan fingerprint density at radius 2 is 1.36 bits per heavy atom. The van der Waals surface area contributed by atoms with E-state index in [2.05, 4.69) is 0 Å². The minimum Gasteiger partial charge on any atom is -0.370 e. The summed E-state index contributed by atoms with van der Waals surface area (Å²) < 4.78 is 15.2. The molecule has 0 saturated carbocycles. The molecule has 0 aromatic rings. The van der Waals surface area contributed by atoms with E-state index in [4.69, 9.17) is 14.2 Å². The van der Waals surface area contributed by atoms with Crippen molar-refractivity contribution in [2.75, 3.05) is 0 Å². The molecule has 14 heavy (non-hydrogen) atoms. The molecule has 0 bridgehead atoms. The lowest BCUT2D eigenvalue weighted by atomic mass is 10.1. The monoisotopic (exact) mass is 202 g/mol. The standard InChI is InChI=1S/C10H20N2O2/c11-9(13)7-5-3-1-2-4-6-8-10(12)14/h1-8H2,(H2,11,13)(H2,12,14)/i3D2. The molecular formula is C10H20N2O2.